The van der Waals surface area contributed by atoms with Gasteiger partial charge in [-0.2, -0.15) is 0 Å². The van der Waals surface area contributed by atoms with Crippen molar-refractivity contribution in [2.45, 2.75) is 19.3 Å². The van der Waals surface area contributed by atoms with Crippen LogP contribution in [0.5, 0.6) is 0 Å². The molecule has 0 heterocycles. The van der Waals surface area contributed by atoms with E-state index < -0.39 is 10.8 Å². The van der Waals surface area contributed by atoms with Crippen molar-refractivity contribution in [3.05, 3.63) is 0 Å². The van der Waals surface area contributed by atoms with Crippen LogP contribution in [0.4, 0.5) is 0 Å². The first-order valence-electron chi connectivity index (χ1n) is 4.24. The first kappa shape index (κ1) is 9.20. The fourth-order valence-corrected chi connectivity index (χ4v) is 2.28. The van der Waals surface area contributed by atoms with Crippen molar-refractivity contribution in [1.29, 1.82) is 0 Å². The quantitative estimate of drug-likeness (QED) is 0.685. The molecule has 2 N–H and O–H groups in total. The molecule has 0 aliphatic heterocycles. The zero-order valence-corrected chi connectivity index (χ0v) is 7.90. The van der Waals surface area contributed by atoms with Gasteiger partial charge >= 0.3 is 0 Å². The Morgan fingerprint density at radius 2 is 2.09 bits per heavy atom. The maximum absolute atomic E-state index is 10.8. The molecule has 66 valence electrons. The van der Waals surface area contributed by atoms with Gasteiger partial charge in [-0.15, -0.1) is 0 Å². The molecule has 0 spiro atoms. The lowest BCUT2D eigenvalue weighted by Crippen LogP contribution is -2.33. The van der Waals surface area contributed by atoms with Gasteiger partial charge in [0.25, 0.3) is 0 Å². The number of rotatable bonds is 4. The molecular weight excluding hydrogens is 158 g/mol. The first-order chi connectivity index (χ1) is 5.24. The average Bonchev–Trinajstić information content (AvgIpc) is 1.86. The Balaban J connectivity index is 2.12. The lowest BCUT2D eigenvalue weighted by Gasteiger charge is -2.35. The Morgan fingerprint density at radius 3 is 2.45 bits per heavy atom. The second-order valence-electron chi connectivity index (χ2n) is 3.40. The summed E-state index contributed by atoms with van der Waals surface area (Å²) >= 11 is 0. The van der Waals surface area contributed by atoms with Gasteiger partial charge in [0.1, 0.15) is 0 Å². The van der Waals surface area contributed by atoms with Crippen LogP contribution in [0.1, 0.15) is 19.3 Å². The van der Waals surface area contributed by atoms with Crippen molar-refractivity contribution in [1.82, 2.24) is 0 Å². The molecule has 2 nitrogen and oxygen atoms in total. The molecule has 3 heteroatoms. The zero-order chi connectivity index (χ0) is 8.27. The lowest BCUT2D eigenvalue weighted by molar-refractivity contribution is 0.179. The third kappa shape index (κ3) is 2.56. The lowest BCUT2D eigenvalue weighted by atomic mass is 9.72. The maximum Gasteiger partial charge on any atom is 0.0234 e. The molecule has 0 amide bonds. The molecule has 1 saturated carbocycles. The summed E-state index contributed by atoms with van der Waals surface area (Å²) in [4.78, 5) is 0. The van der Waals surface area contributed by atoms with E-state index in [4.69, 9.17) is 5.73 Å². The van der Waals surface area contributed by atoms with E-state index in [0.29, 0.717) is 0 Å². The highest BCUT2D eigenvalue weighted by Crippen LogP contribution is 2.35. The first-order valence-corrected chi connectivity index (χ1v) is 5.97. The highest BCUT2D eigenvalue weighted by molar-refractivity contribution is 7.84. The van der Waals surface area contributed by atoms with E-state index in [1.54, 1.807) is 6.26 Å². The molecule has 0 bridgehead atoms. The Kier molecular flexibility index (Phi) is 3.52. The molecule has 1 fully saturated rings. The summed E-state index contributed by atoms with van der Waals surface area (Å²) in [5.74, 6) is 2.38. The summed E-state index contributed by atoms with van der Waals surface area (Å²) in [7, 11) is -0.612. The molecule has 3 atom stereocenters. The predicted molar refractivity (Wildman–Crippen MR) is 48.8 cm³/mol. The van der Waals surface area contributed by atoms with Gasteiger partial charge in [0.2, 0.25) is 0 Å². The third-order valence-corrected chi connectivity index (χ3v) is 3.46. The van der Waals surface area contributed by atoms with Crippen molar-refractivity contribution in [3.8, 4) is 0 Å². The molecule has 1 aliphatic rings. The Labute approximate surface area is 71.0 Å². The number of hydrogen-bond donors (Lipinski definition) is 1. The second kappa shape index (κ2) is 4.21. The van der Waals surface area contributed by atoms with Crippen LogP contribution in [0.25, 0.3) is 0 Å². The fourth-order valence-electron chi connectivity index (χ4n) is 1.65. The van der Waals surface area contributed by atoms with Crippen molar-refractivity contribution in [2.24, 2.45) is 17.6 Å². The Hall–Kier alpha value is 0.110. The van der Waals surface area contributed by atoms with Crippen molar-refractivity contribution in [3.63, 3.8) is 0 Å². The van der Waals surface area contributed by atoms with Crippen LogP contribution in [-0.4, -0.2) is 22.8 Å². The van der Waals surface area contributed by atoms with Crippen molar-refractivity contribution in [2.75, 3.05) is 18.6 Å². The van der Waals surface area contributed by atoms with Crippen LogP contribution in [-0.2, 0) is 10.8 Å². The monoisotopic (exact) mass is 175 g/mol. The number of hydrogen-bond acceptors (Lipinski definition) is 2. The van der Waals surface area contributed by atoms with Gasteiger partial charge in [0, 0.05) is 22.8 Å². The largest absolute Gasteiger partial charge is 0.330 e. The predicted octanol–water partition coefficient (Wildman–Crippen LogP) is 0.740. The standard InChI is InChI=1S/C8H17NOS/c1-11(10)5-4-7-2-3-8(7)6-9/h7-8H,2-6,9H2,1H3. The topological polar surface area (TPSA) is 43.1 Å². The van der Waals surface area contributed by atoms with Crippen LogP contribution in [0.15, 0.2) is 0 Å². The molecule has 0 saturated heterocycles. The minimum absolute atomic E-state index is 0.612. The fraction of sp³-hybridized carbons (Fsp3) is 1.00. The molecule has 0 aromatic carbocycles. The van der Waals surface area contributed by atoms with Crippen molar-refractivity contribution < 1.29 is 4.21 Å². The molecule has 1 aliphatic carbocycles. The maximum atomic E-state index is 10.8. The van der Waals surface area contributed by atoms with Gasteiger partial charge in [-0.25, -0.2) is 0 Å². The summed E-state index contributed by atoms with van der Waals surface area (Å²) < 4.78 is 10.8. The van der Waals surface area contributed by atoms with Gasteiger partial charge in [0.15, 0.2) is 0 Å². The molecule has 11 heavy (non-hydrogen) atoms. The van der Waals surface area contributed by atoms with Gasteiger partial charge in [-0.1, -0.05) is 0 Å². The van der Waals surface area contributed by atoms with Crippen LogP contribution in [0, 0.1) is 11.8 Å². The van der Waals surface area contributed by atoms with E-state index in [9.17, 15) is 4.21 Å². The Morgan fingerprint density at radius 1 is 1.45 bits per heavy atom. The van der Waals surface area contributed by atoms with E-state index >= 15 is 0 Å². The van der Waals surface area contributed by atoms with E-state index in [0.717, 1.165) is 30.6 Å². The van der Waals surface area contributed by atoms with Gasteiger partial charge in [0.05, 0.1) is 0 Å². The molecule has 0 aromatic heterocycles. The van der Waals surface area contributed by atoms with Crippen LogP contribution in [0.2, 0.25) is 0 Å². The van der Waals surface area contributed by atoms with E-state index in [-0.39, 0.29) is 0 Å². The smallest absolute Gasteiger partial charge is 0.0234 e. The number of nitrogens with two attached hydrogens (primary N) is 1. The minimum Gasteiger partial charge on any atom is -0.330 e. The molecule has 0 aromatic rings. The molecule has 0 radical (unpaired) electrons. The summed E-state index contributed by atoms with van der Waals surface area (Å²) in [6.07, 6.45) is 5.48. The second-order valence-corrected chi connectivity index (χ2v) is 4.95. The summed E-state index contributed by atoms with van der Waals surface area (Å²) in [5.41, 5.74) is 5.55. The van der Waals surface area contributed by atoms with Crippen LogP contribution in [0.3, 0.4) is 0 Å². The zero-order valence-electron chi connectivity index (χ0n) is 7.08. The summed E-state index contributed by atoms with van der Waals surface area (Å²) in [5, 5.41) is 0. The van der Waals surface area contributed by atoms with Crippen LogP contribution < -0.4 is 5.73 Å². The van der Waals surface area contributed by atoms with Crippen LogP contribution >= 0.6 is 0 Å². The van der Waals surface area contributed by atoms with Crippen molar-refractivity contribution >= 4 is 10.8 Å². The summed E-state index contributed by atoms with van der Waals surface area (Å²) in [6.45, 7) is 0.820. The molecule has 3 unspecified atom stereocenters. The Bertz CT molecular complexity index is 147. The average molecular weight is 175 g/mol. The van der Waals surface area contributed by atoms with E-state index in [2.05, 4.69) is 0 Å². The normalized spacial score (nSPS) is 32.9. The highest BCUT2D eigenvalue weighted by Gasteiger charge is 2.28. The molecule has 1 rings (SSSR count). The van der Waals surface area contributed by atoms with Gasteiger partial charge in [-0.05, 0) is 37.6 Å². The summed E-state index contributed by atoms with van der Waals surface area (Å²) in [6, 6.07) is 0. The van der Waals surface area contributed by atoms with Gasteiger partial charge in [-0.3, -0.25) is 4.21 Å². The minimum atomic E-state index is -0.612. The molecular formula is C8H17NOS. The van der Waals surface area contributed by atoms with E-state index in [1.807, 2.05) is 0 Å². The third-order valence-electron chi connectivity index (χ3n) is 2.65. The SMILES string of the molecule is CS(=O)CCC1CCC1CN. The van der Waals surface area contributed by atoms with Gasteiger partial charge < -0.3 is 5.73 Å². The highest BCUT2D eigenvalue weighted by atomic mass is 32.2. The van der Waals surface area contributed by atoms with E-state index in [1.165, 1.54) is 12.8 Å².